The van der Waals surface area contributed by atoms with Crippen LogP contribution >= 0.6 is 11.6 Å². The van der Waals surface area contributed by atoms with Crippen molar-refractivity contribution in [3.05, 3.63) is 34.9 Å². The molecule has 1 saturated carbocycles. The Morgan fingerprint density at radius 1 is 1.21 bits per heavy atom. The highest BCUT2D eigenvalue weighted by Crippen LogP contribution is 2.37. The fourth-order valence-electron chi connectivity index (χ4n) is 1.73. The van der Waals surface area contributed by atoms with Crippen LogP contribution in [0.4, 0.5) is 0 Å². The summed E-state index contributed by atoms with van der Waals surface area (Å²) in [6, 6.07) is 7.58. The zero-order valence-electron chi connectivity index (χ0n) is 7.99. The Kier molecular flexibility index (Phi) is 2.77. The topological polar surface area (TPSA) is 52.0 Å². The summed E-state index contributed by atoms with van der Waals surface area (Å²) >= 11 is 6.05. The molecule has 76 valence electrons. The maximum Gasteiger partial charge on any atom is 0.0466 e. The van der Waals surface area contributed by atoms with Gasteiger partial charge in [0.1, 0.15) is 0 Å². The van der Waals surface area contributed by atoms with Crippen molar-refractivity contribution in [1.29, 1.82) is 0 Å². The highest BCUT2D eigenvalue weighted by molar-refractivity contribution is 6.31. The van der Waals surface area contributed by atoms with Crippen LogP contribution in [0.15, 0.2) is 24.3 Å². The second-order valence-electron chi connectivity index (χ2n) is 3.96. The SMILES string of the molecule is NC(c1ccccc1Cl)C(N)C1CC1. The Balaban J connectivity index is 2.17. The summed E-state index contributed by atoms with van der Waals surface area (Å²) in [5.74, 6) is 0.598. The highest BCUT2D eigenvalue weighted by Gasteiger charge is 2.33. The van der Waals surface area contributed by atoms with Gasteiger partial charge in [0.2, 0.25) is 0 Å². The van der Waals surface area contributed by atoms with E-state index in [1.807, 2.05) is 24.3 Å². The molecule has 2 rings (SSSR count). The van der Waals surface area contributed by atoms with Gasteiger partial charge in [-0.1, -0.05) is 29.8 Å². The van der Waals surface area contributed by atoms with Crippen LogP contribution in [0.2, 0.25) is 5.02 Å². The van der Waals surface area contributed by atoms with Gasteiger partial charge in [0, 0.05) is 17.1 Å². The largest absolute Gasteiger partial charge is 0.326 e. The van der Waals surface area contributed by atoms with Crippen molar-refractivity contribution in [1.82, 2.24) is 0 Å². The van der Waals surface area contributed by atoms with E-state index < -0.39 is 0 Å². The monoisotopic (exact) mass is 210 g/mol. The average Bonchev–Trinajstić information content (AvgIpc) is 3.00. The molecule has 0 radical (unpaired) electrons. The first-order chi connectivity index (χ1) is 6.70. The average molecular weight is 211 g/mol. The molecule has 2 unspecified atom stereocenters. The molecule has 1 fully saturated rings. The van der Waals surface area contributed by atoms with Crippen molar-refractivity contribution in [3.63, 3.8) is 0 Å². The number of rotatable bonds is 3. The Hall–Kier alpha value is -0.570. The quantitative estimate of drug-likeness (QED) is 0.803. The lowest BCUT2D eigenvalue weighted by Gasteiger charge is -2.20. The second kappa shape index (κ2) is 3.89. The predicted molar refractivity (Wildman–Crippen MR) is 59.1 cm³/mol. The van der Waals surface area contributed by atoms with Gasteiger partial charge >= 0.3 is 0 Å². The molecule has 3 heteroatoms. The summed E-state index contributed by atoms with van der Waals surface area (Å²) < 4.78 is 0. The molecule has 1 aliphatic carbocycles. The number of nitrogens with two attached hydrogens (primary N) is 2. The summed E-state index contributed by atoms with van der Waals surface area (Å²) in [6.45, 7) is 0. The van der Waals surface area contributed by atoms with E-state index in [-0.39, 0.29) is 12.1 Å². The summed E-state index contributed by atoms with van der Waals surface area (Å²) in [4.78, 5) is 0. The van der Waals surface area contributed by atoms with E-state index in [1.165, 1.54) is 12.8 Å². The number of benzene rings is 1. The predicted octanol–water partition coefficient (Wildman–Crippen LogP) is 2.08. The molecular weight excluding hydrogens is 196 g/mol. The smallest absolute Gasteiger partial charge is 0.0466 e. The fourth-order valence-corrected chi connectivity index (χ4v) is 1.99. The van der Waals surface area contributed by atoms with Gasteiger partial charge < -0.3 is 11.5 Å². The molecule has 0 aliphatic heterocycles. The van der Waals surface area contributed by atoms with Crippen molar-refractivity contribution in [3.8, 4) is 0 Å². The van der Waals surface area contributed by atoms with Gasteiger partial charge in [0.25, 0.3) is 0 Å². The number of hydrogen-bond donors (Lipinski definition) is 2. The maximum absolute atomic E-state index is 6.07. The van der Waals surface area contributed by atoms with Crippen molar-refractivity contribution in [2.75, 3.05) is 0 Å². The number of halogens is 1. The molecule has 2 nitrogen and oxygen atoms in total. The molecule has 4 N–H and O–H groups in total. The molecular formula is C11H15ClN2. The molecule has 1 aliphatic rings. The lowest BCUT2D eigenvalue weighted by atomic mass is 9.97. The van der Waals surface area contributed by atoms with E-state index in [9.17, 15) is 0 Å². The van der Waals surface area contributed by atoms with Crippen molar-refractivity contribution in [2.45, 2.75) is 24.9 Å². The molecule has 1 aromatic rings. The molecule has 0 aromatic heterocycles. The molecule has 0 saturated heterocycles. The first-order valence-corrected chi connectivity index (χ1v) is 5.33. The third-order valence-corrected chi connectivity index (χ3v) is 3.19. The van der Waals surface area contributed by atoms with Crippen LogP contribution in [0.3, 0.4) is 0 Å². The molecule has 14 heavy (non-hydrogen) atoms. The molecule has 0 amide bonds. The standard InChI is InChI=1S/C11H15ClN2/c12-9-4-2-1-3-8(9)11(14)10(13)7-5-6-7/h1-4,7,10-11H,5-6,13-14H2. The van der Waals surface area contributed by atoms with Gasteiger partial charge in [-0.05, 0) is 30.4 Å². The second-order valence-corrected chi connectivity index (χ2v) is 4.37. The Labute approximate surface area is 89.2 Å². The molecule has 1 aromatic carbocycles. The minimum absolute atomic E-state index is 0.0508. The normalized spacial score (nSPS) is 20.5. The van der Waals surface area contributed by atoms with E-state index >= 15 is 0 Å². The maximum atomic E-state index is 6.07. The zero-order valence-corrected chi connectivity index (χ0v) is 8.74. The summed E-state index contributed by atoms with van der Waals surface area (Å²) in [6.07, 6.45) is 2.42. The first kappa shape index (κ1) is 9.97. The van der Waals surface area contributed by atoms with Crippen molar-refractivity contribution < 1.29 is 0 Å². The highest BCUT2D eigenvalue weighted by atomic mass is 35.5. The minimum atomic E-state index is -0.129. The number of hydrogen-bond acceptors (Lipinski definition) is 2. The van der Waals surface area contributed by atoms with E-state index in [1.54, 1.807) is 0 Å². The van der Waals surface area contributed by atoms with Gasteiger partial charge in [-0.25, -0.2) is 0 Å². The minimum Gasteiger partial charge on any atom is -0.326 e. The lowest BCUT2D eigenvalue weighted by Crippen LogP contribution is -2.36. The summed E-state index contributed by atoms with van der Waals surface area (Å²) in [5.41, 5.74) is 13.1. The van der Waals surface area contributed by atoms with Crippen LogP contribution < -0.4 is 11.5 Å². The Morgan fingerprint density at radius 2 is 1.86 bits per heavy atom. The third kappa shape index (κ3) is 1.92. The first-order valence-electron chi connectivity index (χ1n) is 4.95. The lowest BCUT2D eigenvalue weighted by molar-refractivity contribution is 0.494. The fraction of sp³-hybridized carbons (Fsp3) is 0.455. The molecule has 0 bridgehead atoms. The van der Waals surface area contributed by atoms with Crippen LogP contribution in [0.1, 0.15) is 24.4 Å². The van der Waals surface area contributed by atoms with E-state index in [0.717, 1.165) is 10.6 Å². The van der Waals surface area contributed by atoms with Crippen LogP contribution in [-0.4, -0.2) is 6.04 Å². The van der Waals surface area contributed by atoms with Gasteiger partial charge in [-0.15, -0.1) is 0 Å². The van der Waals surface area contributed by atoms with Gasteiger partial charge in [-0.3, -0.25) is 0 Å². The van der Waals surface area contributed by atoms with Crippen molar-refractivity contribution in [2.24, 2.45) is 17.4 Å². The van der Waals surface area contributed by atoms with Crippen LogP contribution in [0.5, 0.6) is 0 Å². The van der Waals surface area contributed by atoms with Crippen molar-refractivity contribution >= 4 is 11.6 Å². The van der Waals surface area contributed by atoms with Crippen LogP contribution in [0, 0.1) is 5.92 Å². The van der Waals surface area contributed by atoms with Crippen LogP contribution in [0.25, 0.3) is 0 Å². The molecule has 0 heterocycles. The van der Waals surface area contributed by atoms with E-state index in [0.29, 0.717) is 5.92 Å². The summed E-state index contributed by atoms with van der Waals surface area (Å²) in [7, 11) is 0. The van der Waals surface area contributed by atoms with E-state index in [4.69, 9.17) is 23.1 Å². The molecule has 0 spiro atoms. The van der Waals surface area contributed by atoms with Crippen LogP contribution in [-0.2, 0) is 0 Å². The third-order valence-electron chi connectivity index (χ3n) is 2.85. The van der Waals surface area contributed by atoms with Gasteiger partial charge in [0.15, 0.2) is 0 Å². The van der Waals surface area contributed by atoms with Gasteiger partial charge in [0.05, 0.1) is 0 Å². The van der Waals surface area contributed by atoms with E-state index in [2.05, 4.69) is 0 Å². The zero-order chi connectivity index (χ0) is 10.1. The summed E-state index contributed by atoms with van der Waals surface area (Å²) in [5, 5.41) is 0.719. The Bertz CT molecular complexity index is 323. The van der Waals surface area contributed by atoms with Gasteiger partial charge in [-0.2, -0.15) is 0 Å². The molecule has 2 atom stereocenters. The Morgan fingerprint density at radius 3 is 2.43 bits per heavy atom.